The molecule has 0 saturated heterocycles. The van der Waals surface area contributed by atoms with Gasteiger partial charge in [0, 0.05) is 19.7 Å². The van der Waals surface area contributed by atoms with Crippen molar-refractivity contribution in [3.8, 4) is 0 Å². The van der Waals surface area contributed by atoms with Gasteiger partial charge in [0.1, 0.15) is 0 Å². The molecule has 0 aliphatic rings. The number of hydrogen-bond acceptors (Lipinski definition) is 4. The second-order valence-electron chi connectivity index (χ2n) is 4.32. The van der Waals surface area contributed by atoms with Gasteiger partial charge in [-0.3, -0.25) is 4.79 Å². The second kappa shape index (κ2) is 5.34. The van der Waals surface area contributed by atoms with Crippen LogP contribution in [-0.2, 0) is 21.2 Å². The van der Waals surface area contributed by atoms with E-state index in [1.54, 1.807) is 24.3 Å². The Bertz CT molecular complexity index is 857. The summed E-state index contributed by atoms with van der Waals surface area (Å²) < 4.78 is 25.8. The van der Waals surface area contributed by atoms with E-state index < -0.39 is 9.84 Å². The molecule has 2 rings (SSSR count). The first kappa shape index (κ1) is 14.7. The summed E-state index contributed by atoms with van der Waals surface area (Å²) in [5.74, 6) is -0.294. The lowest BCUT2D eigenvalue weighted by Gasteiger charge is -2.02. The van der Waals surface area contributed by atoms with Crippen LogP contribution in [0.25, 0.3) is 10.2 Å². The summed E-state index contributed by atoms with van der Waals surface area (Å²) >= 11 is 1.29. The predicted octanol–water partition coefficient (Wildman–Crippen LogP) is 1.74. The highest BCUT2D eigenvalue weighted by Gasteiger charge is 2.11. The summed E-state index contributed by atoms with van der Waals surface area (Å²) in [6, 6.07) is 4.89. The van der Waals surface area contributed by atoms with Crippen LogP contribution in [0.4, 0.5) is 0 Å². The fourth-order valence-electron chi connectivity index (χ4n) is 1.81. The summed E-state index contributed by atoms with van der Waals surface area (Å²) in [4.78, 5) is 15.9. The monoisotopic (exact) mass is 310 g/mol. The van der Waals surface area contributed by atoms with Crippen LogP contribution in [0.3, 0.4) is 0 Å². The van der Waals surface area contributed by atoms with Crippen LogP contribution >= 0.6 is 11.3 Å². The smallest absolute Gasteiger partial charge is 0.245 e. The van der Waals surface area contributed by atoms with E-state index in [1.165, 1.54) is 24.5 Å². The highest BCUT2D eigenvalue weighted by atomic mass is 32.2. The number of hydrogen-bond donors (Lipinski definition) is 0. The number of aromatic nitrogens is 1. The third kappa shape index (κ3) is 2.88. The molecule has 0 unspecified atom stereocenters. The molecule has 0 aliphatic heterocycles. The molecule has 1 aromatic carbocycles. The van der Waals surface area contributed by atoms with Gasteiger partial charge in [-0.15, -0.1) is 6.58 Å². The first-order valence-electron chi connectivity index (χ1n) is 5.82. The van der Waals surface area contributed by atoms with Gasteiger partial charge in [-0.1, -0.05) is 17.4 Å². The van der Waals surface area contributed by atoms with Crippen LogP contribution in [0.2, 0.25) is 0 Å². The first-order valence-corrected chi connectivity index (χ1v) is 8.53. The predicted molar refractivity (Wildman–Crippen MR) is 79.4 cm³/mol. The van der Waals surface area contributed by atoms with E-state index in [-0.39, 0.29) is 10.8 Å². The van der Waals surface area contributed by atoms with E-state index in [9.17, 15) is 13.2 Å². The highest BCUT2D eigenvalue weighted by molar-refractivity contribution is 7.90. The van der Waals surface area contributed by atoms with Crippen LogP contribution in [0.1, 0.15) is 6.92 Å². The fraction of sp³-hybridized carbons (Fsp3) is 0.231. The third-order valence-electron chi connectivity index (χ3n) is 2.65. The van der Waals surface area contributed by atoms with Gasteiger partial charge in [-0.2, -0.15) is 4.99 Å². The Morgan fingerprint density at radius 3 is 2.75 bits per heavy atom. The number of amides is 1. The molecule has 1 amide bonds. The maximum absolute atomic E-state index is 11.6. The summed E-state index contributed by atoms with van der Waals surface area (Å²) in [5.41, 5.74) is 0.835. The molecule has 1 heterocycles. The SMILES string of the molecule is C=CCn1c(=NC(C)=O)sc2cc(S(C)(=O)=O)ccc21. The van der Waals surface area contributed by atoms with Crippen molar-refractivity contribution in [2.75, 3.05) is 6.26 Å². The first-order chi connectivity index (χ1) is 9.32. The van der Waals surface area contributed by atoms with Crippen molar-refractivity contribution in [1.82, 2.24) is 4.57 Å². The van der Waals surface area contributed by atoms with E-state index in [0.29, 0.717) is 11.3 Å². The van der Waals surface area contributed by atoms with Gasteiger partial charge in [-0.25, -0.2) is 8.42 Å². The maximum atomic E-state index is 11.6. The van der Waals surface area contributed by atoms with Crippen molar-refractivity contribution in [3.63, 3.8) is 0 Å². The van der Waals surface area contributed by atoms with Crippen LogP contribution in [-0.4, -0.2) is 25.1 Å². The summed E-state index contributed by atoms with van der Waals surface area (Å²) in [7, 11) is -3.25. The fourth-order valence-corrected chi connectivity index (χ4v) is 3.65. The van der Waals surface area contributed by atoms with E-state index in [0.717, 1.165) is 10.2 Å². The van der Waals surface area contributed by atoms with Crippen LogP contribution in [0.15, 0.2) is 40.7 Å². The quantitative estimate of drug-likeness (QED) is 0.811. The zero-order valence-corrected chi connectivity index (χ0v) is 12.8. The average molecular weight is 310 g/mol. The molecule has 2 aromatic rings. The van der Waals surface area contributed by atoms with Crippen LogP contribution in [0, 0.1) is 0 Å². The summed E-state index contributed by atoms with van der Waals surface area (Å²) in [6.45, 7) is 5.56. The van der Waals surface area contributed by atoms with Crippen LogP contribution in [0.5, 0.6) is 0 Å². The number of carbonyl (C=O) groups excluding carboxylic acids is 1. The number of allylic oxidation sites excluding steroid dienone is 1. The maximum Gasteiger partial charge on any atom is 0.245 e. The molecule has 1 aromatic heterocycles. The minimum atomic E-state index is -3.25. The zero-order chi connectivity index (χ0) is 14.9. The second-order valence-corrected chi connectivity index (χ2v) is 7.34. The molecule has 5 nitrogen and oxygen atoms in total. The molecule has 106 valence electrons. The molecule has 0 atom stereocenters. The van der Waals surface area contributed by atoms with Gasteiger partial charge in [0.15, 0.2) is 14.6 Å². The van der Waals surface area contributed by atoms with Gasteiger partial charge < -0.3 is 4.57 Å². The number of rotatable bonds is 3. The average Bonchev–Trinajstić information content (AvgIpc) is 2.65. The topological polar surface area (TPSA) is 68.5 Å². The molecule has 7 heteroatoms. The van der Waals surface area contributed by atoms with Crippen molar-refractivity contribution < 1.29 is 13.2 Å². The Labute approximate surface area is 120 Å². The molecular weight excluding hydrogens is 296 g/mol. The Morgan fingerprint density at radius 2 is 2.20 bits per heavy atom. The number of fused-ring (bicyclic) bond motifs is 1. The lowest BCUT2D eigenvalue weighted by Crippen LogP contribution is -2.15. The van der Waals surface area contributed by atoms with E-state index in [4.69, 9.17) is 0 Å². The van der Waals surface area contributed by atoms with Crippen molar-refractivity contribution in [3.05, 3.63) is 35.7 Å². The van der Waals surface area contributed by atoms with Crippen molar-refractivity contribution in [2.45, 2.75) is 18.4 Å². The minimum absolute atomic E-state index is 0.256. The molecule has 0 radical (unpaired) electrons. The Balaban J connectivity index is 2.80. The molecule has 0 saturated carbocycles. The number of sulfone groups is 1. The van der Waals surface area contributed by atoms with Crippen molar-refractivity contribution in [1.29, 1.82) is 0 Å². The molecule has 0 aliphatic carbocycles. The molecular formula is C13H14N2O3S2. The van der Waals surface area contributed by atoms with E-state index in [2.05, 4.69) is 11.6 Å². The van der Waals surface area contributed by atoms with Gasteiger partial charge in [0.2, 0.25) is 5.91 Å². The number of benzene rings is 1. The molecule has 0 N–H and O–H groups in total. The Hall–Kier alpha value is -1.73. The lowest BCUT2D eigenvalue weighted by atomic mass is 10.3. The Kier molecular flexibility index (Phi) is 3.92. The number of carbonyl (C=O) groups is 1. The minimum Gasteiger partial charge on any atom is -0.313 e. The van der Waals surface area contributed by atoms with Crippen LogP contribution < -0.4 is 4.80 Å². The van der Waals surface area contributed by atoms with Gasteiger partial charge in [0.25, 0.3) is 0 Å². The largest absolute Gasteiger partial charge is 0.313 e. The van der Waals surface area contributed by atoms with Gasteiger partial charge in [0.05, 0.1) is 15.1 Å². The molecule has 0 bridgehead atoms. The molecule has 0 fully saturated rings. The summed E-state index contributed by atoms with van der Waals surface area (Å²) in [6.07, 6.45) is 2.87. The molecule has 20 heavy (non-hydrogen) atoms. The number of thiazole rings is 1. The normalized spacial score (nSPS) is 12.8. The van der Waals surface area contributed by atoms with Gasteiger partial charge >= 0.3 is 0 Å². The summed E-state index contributed by atoms with van der Waals surface area (Å²) in [5, 5.41) is 0. The zero-order valence-electron chi connectivity index (χ0n) is 11.2. The van der Waals surface area contributed by atoms with E-state index >= 15 is 0 Å². The van der Waals surface area contributed by atoms with Gasteiger partial charge in [-0.05, 0) is 18.2 Å². The highest BCUT2D eigenvalue weighted by Crippen LogP contribution is 2.21. The Morgan fingerprint density at radius 1 is 1.50 bits per heavy atom. The third-order valence-corrected chi connectivity index (χ3v) is 4.80. The van der Waals surface area contributed by atoms with Crippen molar-refractivity contribution >= 4 is 37.3 Å². The molecule has 0 spiro atoms. The van der Waals surface area contributed by atoms with Crippen molar-refractivity contribution in [2.24, 2.45) is 4.99 Å². The lowest BCUT2D eigenvalue weighted by molar-refractivity contribution is -0.116. The number of nitrogens with zero attached hydrogens (tertiary/aromatic N) is 2. The standard InChI is InChI=1S/C13H14N2O3S2/c1-4-7-15-11-6-5-10(20(3,17)18)8-12(11)19-13(15)14-9(2)16/h4-6,8H,1,7H2,2-3H3. The van der Waals surface area contributed by atoms with E-state index in [1.807, 2.05) is 4.57 Å².